The number of carbonyl (C=O) groups is 1. The topological polar surface area (TPSA) is 82.6 Å². The Bertz CT molecular complexity index is 1110. The van der Waals surface area contributed by atoms with Crippen LogP contribution in [0.2, 0.25) is 0 Å². The number of piperazine rings is 1. The summed E-state index contributed by atoms with van der Waals surface area (Å²) in [6, 6.07) is 20.1. The second-order valence-corrected chi connectivity index (χ2v) is 8.86. The van der Waals surface area contributed by atoms with Crippen LogP contribution in [-0.4, -0.2) is 54.7 Å². The van der Waals surface area contributed by atoms with Crippen molar-refractivity contribution < 1.29 is 13.2 Å². The van der Waals surface area contributed by atoms with E-state index in [9.17, 15) is 13.2 Å². The van der Waals surface area contributed by atoms with Gasteiger partial charge >= 0.3 is 0 Å². The van der Waals surface area contributed by atoms with Gasteiger partial charge in [-0.25, -0.2) is 8.42 Å². The largest absolute Gasteiger partial charge is 0.355 e. The van der Waals surface area contributed by atoms with Crippen molar-refractivity contribution in [2.24, 2.45) is 0 Å². The van der Waals surface area contributed by atoms with E-state index in [1.807, 2.05) is 48.5 Å². The average Bonchev–Trinajstić information content (AvgIpc) is 2.80. The Morgan fingerprint density at radius 3 is 2.27 bits per heavy atom. The number of nitrogens with one attached hydrogen (secondary N) is 1. The van der Waals surface area contributed by atoms with Gasteiger partial charge in [0.25, 0.3) is 5.91 Å². The molecule has 0 unspecified atom stereocenters. The van der Waals surface area contributed by atoms with E-state index >= 15 is 0 Å². The number of hydrogen-bond donors (Lipinski definition) is 1. The second kappa shape index (κ2) is 8.64. The highest BCUT2D eigenvalue weighted by atomic mass is 32.2. The minimum absolute atomic E-state index is 0.118. The summed E-state index contributed by atoms with van der Waals surface area (Å²) in [7, 11) is -3.60. The minimum atomic E-state index is -3.60. The fraction of sp³-hybridized carbons (Fsp3) is 0.182. The van der Waals surface area contributed by atoms with E-state index in [2.05, 4.69) is 10.3 Å². The number of benzene rings is 2. The molecule has 0 aliphatic carbocycles. The number of anilines is 2. The molecule has 0 bridgehead atoms. The van der Waals surface area contributed by atoms with Gasteiger partial charge in [-0.3, -0.25) is 9.78 Å². The lowest BCUT2D eigenvalue weighted by Gasteiger charge is -2.34. The third-order valence-electron chi connectivity index (χ3n) is 5.01. The maximum Gasteiger partial charge on any atom is 0.256 e. The van der Waals surface area contributed by atoms with E-state index in [4.69, 9.17) is 0 Å². The Labute approximate surface area is 176 Å². The molecule has 1 saturated heterocycles. The molecule has 1 amide bonds. The predicted molar refractivity (Wildman–Crippen MR) is 115 cm³/mol. The van der Waals surface area contributed by atoms with Crippen molar-refractivity contribution in [1.29, 1.82) is 0 Å². The molecule has 2 heterocycles. The molecule has 3 aromatic rings. The van der Waals surface area contributed by atoms with Gasteiger partial charge in [-0.15, -0.1) is 0 Å². The van der Waals surface area contributed by atoms with E-state index < -0.39 is 10.0 Å². The van der Waals surface area contributed by atoms with Crippen molar-refractivity contribution in [2.45, 2.75) is 4.90 Å². The van der Waals surface area contributed by atoms with E-state index in [0.29, 0.717) is 18.7 Å². The van der Waals surface area contributed by atoms with Crippen molar-refractivity contribution >= 4 is 27.3 Å². The molecule has 7 nitrogen and oxygen atoms in total. The number of carbonyl (C=O) groups excluding carboxylic acids is 1. The number of hydrogen-bond acceptors (Lipinski definition) is 5. The minimum Gasteiger partial charge on any atom is -0.355 e. The Kier molecular flexibility index (Phi) is 5.78. The standard InChI is InChI=1S/C22H22N4O3S/c27-22(20-10-4-5-11-21(20)24-18-7-2-1-3-8-18)25-13-15-26(16-14-25)30(28,29)19-9-6-12-23-17-19/h1-12,17,24H,13-16H2. The zero-order valence-corrected chi connectivity index (χ0v) is 17.1. The van der Waals surface area contributed by atoms with Gasteiger partial charge in [0.05, 0.1) is 11.3 Å². The first-order valence-corrected chi connectivity index (χ1v) is 11.1. The van der Waals surface area contributed by atoms with Crippen molar-refractivity contribution in [3.63, 3.8) is 0 Å². The number of nitrogens with zero attached hydrogens (tertiary/aromatic N) is 3. The van der Waals surface area contributed by atoms with E-state index in [0.717, 1.165) is 11.4 Å². The van der Waals surface area contributed by atoms with Gasteiger partial charge in [0.15, 0.2) is 0 Å². The Morgan fingerprint density at radius 1 is 0.867 bits per heavy atom. The maximum absolute atomic E-state index is 13.1. The van der Waals surface area contributed by atoms with Gasteiger partial charge in [0, 0.05) is 44.3 Å². The van der Waals surface area contributed by atoms with Gasteiger partial charge < -0.3 is 10.2 Å². The molecule has 0 atom stereocenters. The molecule has 1 aliphatic heterocycles. The summed E-state index contributed by atoms with van der Waals surface area (Å²) in [5.74, 6) is -0.118. The van der Waals surface area contributed by atoms with E-state index in [-0.39, 0.29) is 23.9 Å². The summed E-state index contributed by atoms with van der Waals surface area (Å²) in [6.07, 6.45) is 2.88. The van der Waals surface area contributed by atoms with Crippen LogP contribution in [0.5, 0.6) is 0 Å². The highest BCUT2D eigenvalue weighted by molar-refractivity contribution is 7.89. The molecule has 1 aromatic heterocycles. The fourth-order valence-electron chi connectivity index (χ4n) is 3.41. The summed E-state index contributed by atoms with van der Waals surface area (Å²) < 4.78 is 26.9. The van der Waals surface area contributed by atoms with Crippen molar-refractivity contribution in [3.8, 4) is 0 Å². The number of rotatable bonds is 5. The average molecular weight is 423 g/mol. The van der Waals surface area contributed by atoms with Gasteiger partial charge in [-0.05, 0) is 36.4 Å². The summed E-state index contributed by atoms with van der Waals surface area (Å²) >= 11 is 0. The maximum atomic E-state index is 13.1. The molecule has 0 saturated carbocycles. The lowest BCUT2D eigenvalue weighted by atomic mass is 10.1. The Hall–Kier alpha value is -3.23. The number of pyridine rings is 1. The highest BCUT2D eigenvalue weighted by Gasteiger charge is 2.31. The molecule has 2 aromatic carbocycles. The van der Waals surface area contributed by atoms with Gasteiger partial charge in [0.2, 0.25) is 10.0 Å². The summed E-state index contributed by atoms with van der Waals surface area (Å²) in [6.45, 7) is 1.16. The van der Waals surface area contributed by atoms with Gasteiger partial charge in [0.1, 0.15) is 4.90 Å². The lowest BCUT2D eigenvalue weighted by Crippen LogP contribution is -2.50. The molecular weight excluding hydrogens is 400 g/mol. The number of para-hydroxylation sites is 2. The van der Waals surface area contributed by atoms with Crippen LogP contribution in [0.1, 0.15) is 10.4 Å². The summed E-state index contributed by atoms with van der Waals surface area (Å²) in [5, 5.41) is 3.29. The number of amides is 1. The molecule has 0 radical (unpaired) electrons. The van der Waals surface area contributed by atoms with Crippen LogP contribution in [0.3, 0.4) is 0 Å². The van der Waals surface area contributed by atoms with Crippen LogP contribution in [-0.2, 0) is 10.0 Å². The zero-order chi connectivity index (χ0) is 21.0. The first kappa shape index (κ1) is 20.1. The summed E-state index contributed by atoms with van der Waals surface area (Å²) in [5.41, 5.74) is 2.18. The molecule has 4 rings (SSSR count). The van der Waals surface area contributed by atoms with Crippen molar-refractivity contribution in [3.05, 3.63) is 84.7 Å². The molecule has 30 heavy (non-hydrogen) atoms. The van der Waals surface area contributed by atoms with Gasteiger partial charge in [-0.2, -0.15) is 4.31 Å². The molecule has 8 heteroatoms. The highest BCUT2D eigenvalue weighted by Crippen LogP contribution is 2.23. The van der Waals surface area contributed by atoms with E-state index in [1.54, 1.807) is 17.0 Å². The summed E-state index contributed by atoms with van der Waals surface area (Å²) in [4.78, 5) is 18.9. The first-order valence-electron chi connectivity index (χ1n) is 9.66. The third-order valence-corrected chi connectivity index (χ3v) is 6.89. The molecule has 0 spiro atoms. The molecular formula is C22H22N4O3S. The number of aromatic nitrogens is 1. The normalized spacial score (nSPS) is 15.0. The van der Waals surface area contributed by atoms with Gasteiger partial charge in [-0.1, -0.05) is 30.3 Å². The monoisotopic (exact) mass is 422 g/mol. The van der Waals surface area contributed by atoms with Crippen LogP contribution in [0.15, 0.2) is 84.0 Å². The quantitative estimate of drug-likeness (QED) is 0.684. The Balaban J connectivity index is 1.47. The van der Waals surface area contributed by atoms with Crippen LogP contribution in [0.25, 0.3) is 0 Å². The van der Waals surface area contributed by atoms with Crippen molar-refractivity contribution in [2.75, 3.05) is 31.5 Å². The predicted octanol–water partition coefficient (Wildman–Crippen LogP) is 2.97. The van der Waals surface area contributed by atoms with Crippen LogP contribution in [0.4, 0.5) is 11.4 Å². The smallest absolute Gasteiger partial charge is 0.256 e. The molecule has 154 valence electrons. The first-order chi connectivity index (χ1) is 14.6. The molecule has 1 aliphatic rings. The van der Waals surface area contributed by atoms with Crippen LogP contribution < -0.4 is 5.32 Å². The fourth-order valence-corrected chi connectivity index (χ4v) is 4.79. The zero-order valence-electron chi connectivity index (χ0n) is 16.3. The molecule has 1 fully saturated rings. The Morgan fingerprint density at radius 2 is 1.57 bits per heavy atom. The second-order valence-electron chi connectivity index (χ2n) is 6.92. The molecule has 1 N–H and O–H groups in total. The third kappa shape index (κ3) is 4.19. The van der Waals surface area contributed by atoms with E-state index in [1.165, 1.54) is 22.8 Å². The number of sulfonamides is 1. The lowest BCUT2D eigenvalue weighted by molar-refractivity contribution is 0.0699. The van der Waals surface area contributed by atoms with Crippen LogP contribution >= 0.6 is 0 Å². The SMILES string of the molecule is O=C(c1ccccc1Nc1ccccc1)N1CCN(S(=O)(=O)c2cccnc2)CC1. The van der Waals surface area contributed by atoms with Crippen LogP contribution in [0, 0.1) is 0 Å². The van der Waals surface area contributed by atoms with Crippen molar-refractivity contribution in [1.82, 2.24) is 14.2 Å².